The zero-order chi connectivity index (χ0) is 11.3. The van der Waals surface area contributed by atoms with Crippen molar-refractivity contribution in [2.45, 2.75) is 0 Å². The number of hydrogen-bond donors (Lipinski definition) is 0. The van der Waals surface area contributed by atoms with Crippen LogP contribution in [-0.2, 0) is 0 Å². The molecular formula is C12H10FNO. The monoisotopic (exact) mass is 203 g/mol. The Balaban J connectivity index is 3.25. The summed E-state index contributed by atoms with van der Waals surface area (Å²) in [7, 11) is 0. The predicted octanol–water partition coefficient (Wildman–Crippen LogP) is 2.79. The standard InChI is InChI=1S/C12H10FNO/c1-3-5-10(4-2)12-11(13)6-9(8-15)7-14-12/h3-8H,1-2H2/b10-5+. The molecule has 1 aromatic rings. The Bertz CT molecular complexity index is 435. The number of carbonyl (C=O) groups is 1. The van der Waals surface area contributed by atoms with Gasteiger partial charge in [-0.3, -0.25) is 9.78 Å². The minimum absolute atomic E-state index is 0.163. The largest absolute Gasteiger partial charge is 0.298 e. The summed E-state index contributed by atoms with van der Waals surface area (Å²) < 4.78 is 13.5. The number of hydrogen-bond acceptors (Lipinski definition) is 2. The van der Waals surface area contributed by atoms with E-state index in [2.05, 4.69) is 18.1 Å². The van der Waals surface area contributed by atoms with Crippen LogP contribution >= 0.6 is 0 Å². The Morgan fingerprint density at radius 2 is 2.20 bits per heavy atom. The van der Waals surface area contributed by atoms with Crippen molar-refractivity contribution in [1.29, 1.82) is 0 Å². The van der Waals surface area contributed by atoms with Gasteiger partial charge in [0, 0.05) is 17.3 Å². The zero-order valence-corrected chi connectivity index (χ0v) is 8.11. The maximum Gasteiger partial charge on any atom is 0.151 e. The molecule has 0 saturated carbocycles. The van der Waals surface area contributed by atoms with Crippen LogP contribution in [0.1, 0.15) is 16.1 Å². The number of carbonyl (C=O) groups excluding carboxylic acids is 1. The minimum atomic E-state index is -0.549. The minimum Gasteiger partial charge on any atom is -0.298 e. The number of aromatic nitrogens is 1. The molecule has 0 unspecified atom stereocenters. The molecule has 3 heteroatoms. The second kappa shape index (κ2) is 5.00. The van der Waals surface area contributed by atoms with Crippen LogP contribution < -0.4 is 0 Å². The van der Waals surface area contributed by atoms with Gasteiger partial charge in [-0.05, 0) is 6.07 Å². The fourth-order valence-corrected chi connectivity index (χ4v) is 1.10. The van der Waals surface area contributed by atoms with Crippen molar-refractivity contribution in [3.05, 3.63) is 60.7 Å². The molecule has 0 radical (unpaired) electrons. The highest BCUT2D eigenvalue weighted by atomic mass is 19.1. The highest BCUT2D eigenvalue weighted by molar-refractivity contribution is 5.77. The lowest BCUT2D eigenvalue weighted by Gasteiger charge is -2.02. The molecule has 0 saturated heterocycles. The number of nitrogens with zero attached hydrogens (tertiary/aromatic N) is 1. The van der Waals surface area contributed by atoms with Crippen molar-refractivity contribution in [2.75, 3.05) is 0 Å². The smallest absolute Gasteiger partial charge is 0.151 e. The molecule has 15 heavy (non-hydrogen) atoms. The first-order valence-electron chi connectivity index (χ1n) is 4.29. The normalized spacial score (nSPS) is 10.9. The fourth-order valence-electron chi connectivity index (χ4n) is 1.10. The Hall–Kier alpha value is -2.03. The van der Waals surface area contributed by atoms with E-state index < -0.39 is 5.82 Å². The van der Waals surface area contributed by atoms with Gasteiger partial charge in [0.1, 0.15) is 11.5 Å². The average Bonchev–Trinajstić information content (AvgIpc) is 2.26. The number of allylic oxidation sites excluding steroid dienone is 4. The SMILES string of the molecule is C=C/C=C(\C=C)c1ncc(C=O)cc1F. The summed E-state index contributed by atoms with van der Waals surface area (Å²) >= 11 is 0. The topological polar surface area (TPSA) is 30.0 Å². The van der Waals surface area contributed by atoms with Gasteiger partial charge in [0.25, 0.3) is 0 Å². The third kappa shape index (κ3) is 2.47. The molecule has 1 heterocycles. The molecule has 0 spiro atoms. The molecule has 1 aromatic heterocycles. The lowest BCUT2D eigenvalue weighted by Crippen LogP contribution is -1.95. The molecule has 0 atom stereocenters. The molecule has 0 bridgehead atoms. The first-order valence-corrected chi connectivity index (χ1v) is 4.29. The van der Waals surface area contributed by atoms with Gasteiger partial charge >= 0.3 is 0 Å². The Morgan fingerprint density at radius 3 is 2.67 bits per heavy atom. The second-order valence-electron chi connectivity index (χ2n) is 2.78. The predicted molar refractivity (Wildman–Crippen MR) is 58.0 cm³/mol. The van der Waals surface area contributed by atoms with Crippen LogP contribution in [0.3, 0.4) is 0 Å². The van der Waals surface area contributed by atoms with E-state index in [9.17, 15) is 9.18 Å². The Kier molecular flexibility index (Phi) is 3.68. The van der Waals surface area contributed by atoms with Crippen molar-refractivity contribution in [1.82, 2.24) is 4.98 Å². The highest BCUT2D eigenvalue weighted by Gasteiger charge is 2.07. The van der Waals surface area contributed by atoms with Crippen LogP contribution in [0.4, 0.5) is 4.39 Å². The number of pyridine rings is 1. The van der Waals surface area contributed by atoms with Crippen LogP contribution in [0.25, 0.3) is 5.57 Å². The Labute approximate surface area is 87.5 Å². The Morgan fingerprint density at radius 1 is 1.47 bits per heavy atom. The molecule has 2 nitrogen and oxygen atoms in total. The summed E-state index contributed by atoms with van der Waals surface area (Å²) in [5.74, 6) is -0.549. The van der Waals surface area contributed by atoms with E-state index in [4.69, 9.17) is 0 Å². The quantitative estimate of drug-likeness (QED) is 0.556. The van der Waals surface area contributed by atoms with Gasteiger partial charge in [-0.1, -0.05) is 31.4 Å². The molecule has 0 amide bonds. The van der Waals surface area contributed by atoms with E-state index in [0.717, 1.165) is 6.07 Å². The number of rotatable bonds is 4. The fraction of sp³-hybridized carbons (Fsp3) is 0. The van der Waals surface area contributed by atoms with Gasteiger partial charge in [-0.15, -0.1) is 0 Å². The van der Waals surface area contributed by atoms with Gasteiger partial charge in [0.2, 0.25) is 0 Å². The van der Waals surface area contributed by atoms with E-state index in [1.54, 1.807) is 6.08 Å². The molecule has 1 rings (SSSR count). The number of halogens is 1. The van der Waals surface area contributed by atoms with E-state index in [-0.39, 0.29) is 11.3 Å². The second-order valence-corrected chi connectivity index (χ2v) is 2.78. The van der Waals surface area contributed by atoms with Crippen LogP contribution in [0.5, 0.6) is 0 Å². The van der Waals surface area contributed by atoms with Gasteiger partial charge in [0.15, 0.2) is 6.29 Å². The molecule has 0 N–H and O–H groups in total. The van der Waals surface area contributed by atoms with Gasteiger partial charge in [0.05, 0.1) is 0 Å². The first kappa shape index (κ1) is 11.0. The third-order valence-corrected chi connectivity index (χ3v) is 1.79. The summed E-state index contributed by atoms with van der Waals surface area (Å²) in [6.07, 6.45) is 6.45. The van der Waals surface area contributed by atoms with Crippen molar-refractivity contribution in [2.24, 2.45) is 0 Å². The zero-order valence-electron chi connectivity index (χ0n) is 8.11. The molecular weight excluding hydrogens is 193 g/mol. The third-order valence-electron chi connectivity index (χ3n) is 1.79. The highest BCUT2D eigenvalue weighted by Crippen LogP contribution is 2.17. The summed E-state index contributed by atoms with van der Waals surface area (Å²) in [6.45, 7) is 7.05. The van der Waals surface area contributed by atoms with Gasteiger partial charge < -0.3 is 0 Å². The van der Waals surface area contributed by atoms with E-state index in [1.807, 2.05) is 0 Å². The van der Waals surface area contributed by atoms with E-state index in [1.165, 1.54) is 18.3 Å². The molecule has 0 aromatic carbocycles. The lowest BCUT2D eigenvalue weighted by molar-refractivity contribution is 0.112. The lowest BCUT2D eigenvalue weighted by atomic mass is 10.1. The van der Waals surface area contributed by atoms with Crippen molar-refractivity contribution < 1.29 is 9.18 Å². The number of aldehydes is 1. The molecule has 0 fully saturated rings. The van der Waals surface area contributed by atoms with Crippen molar-refractivity contribution in [3.8, 4) is 0 Å². The maximum atomic E-state index is 13.5. The average molecular weight is 203 g/mol. The summed E-state index contributed by atoms with van der Waals surface area (Å²) in [5.41, 5.74) is 0.897. The molecule has 0 aliphatic heterocycles. The van der Waals surface area contributed by atoms with E-state index >= 15 is 0 Å². The van der Waals surface area contributed by atoms with Crippen LogP contribution in [0.2, 0.25) is 0 Å². The maximum absolute atomic E-state index is 13.5. The van der Waals surface area contributed by atoms with E-state index in [0.29, 0.717) is 11.9 Å². The van der Waals surface area contributed by atoms with Crippen LogP contribution in [-0.4, -0.2) is 11.3 Å². The van der Waals surface area contributed by atoms with Gasteiger partial charge in [-0.25, -0.2) is 4.39 Å². The van der Waals surface area contributed by atoms with Gasteiger partial charge in [-0.2, -0.15) is 0 Å². The summed E-state index contributed by atoms with van der Waals surface area (Å²) in [5, 5.41) is 0. The van der Waals surface area contributed by atoms with Crippen molar-refractivity contribution in [3.63, 3.8) is 0 Å². The van der Waals surface area contributed by atoms with Crippen LogP contribution in [0.15, 0.2) is 43.6 Å². The summed E-state index contributed by atoms with van der Waals surface area (Å²) in [4.78, 5) is 14.2. The molecule has 76 valence electrons. The molecule has 0 aliphatic rings. The van der Waals surface area contributed by atoms with Crippen molar-refractivity contribution >= 4 is 11.9 Å². The molecule has 0 aliphatic carbocycles. The first-order chi connectivity index (χ1) is 7.22. The van der Waals surface area contributed by atoms with Crippen LogP contribution in [0, 0.1) is 5.82 Å². The summed E-state index contributed by atoms with van der Waals surface area (Å²) in [6, 6.07) is 1.13.